The van der Waals surface area contributed by atoms with Gasteiger partial charge in [0.05, 0.1) is 10.1 Å². The molecule has 5 nitrogen and oxygen atoms in total. The van der Waals surface area contributed by atoms with Crippen molar-refractivity contribution in [3.8, 4) is 11.8 Å². The molecule has 0 bridgehead atoms. The molecule has 0 aliphatic carbocycles. The molecule has 0 unspecified atom stereocenters. The third-order valence-corrected chi connectivity index (χ3v) is 5.90. The van der Waals surface area contributed by atoms with E-state index in [0.717, 1.165) is 5.56 Å². The average Bonchev–Trinajstić information content (AvgIpc) is 2.67. The Morgan fingerprint density at radius 2 is 1.85 bits per heavy atom. The van der Waals surface area contributed by atoms with E-state index in [2.05, 4.69) is 17.2 Å². The minimum Gasteiger partial charge on any atom is -0.445 e. The average molecular weight is 385 g/mol. The standard InChI is InChI=1S/C21H23NO4S/c1-17(2)27(24,25)20-13-8-12-18(15-20)9-6-7-14-22-21(23)26-16-19-10-4-3-5-11-19/h3-5,8,10-13,15,17H,7,14,16H2,1-2H3,(H,22,23). The van der Waals surface area contributed by atoms with E-state index in [0.29, 0.717) is 18.5 Å². The summed E-state index contributed by atoms with van der Waals surface area (Å²) in [5, 5.41) is 2.15. The van der Waals surface area contributed by atoms with Crippen molar-refractivity contribution in [1.29, 1.82) is 0 Å². The maximum absolute atomic E-state index is 12.2. The molecule has 0 aliphatic rings. The number of nitrogens with one attached hydrogen (secondary N) is 1. The SMILES string of the molecule is CC(C)S(=O)(=O)c1cccc(C#CCCNC(=O)OCc2ccccc2)c1. The number of ether oxygens (including phenoxy) is 1. The second kappa shape index (κ2) is 9.79. The monoisotopic (exact) mass is 385 g/mol. The molecular formula is C21H23NO4S. The molecule has 0 atom stereocenters. The molecule has 0 aromatic heterocycles. The molecule has 2 rings (SSSR count). The first-order valence-electron chi connectivity index (χ1n) is 8.67. The van der Waals surface area contributed by atoms with Crippen LogP contribution in [0, 0.1) is 11.8 Å². The normalized spacial score (nSPS) is 10.8. The molecule has 27 heavy (non-hydrogen) atoms. The lowest BCUT2D eigenvalue weighted by Gasteiger charge is -2.07. The minimum absolute atomic E-state index is 0.218. The molecule has 1 N–H and O–H groups in total. The number of sulfone groups is 1. The zero-order valence-corrected chi connectivity index (χ0v) is 16.3. The molecule has 1 amide bonds. The summed E-state index contributed by atoms with van der Waals surface area (Å²) in [6, 6.07) is 16.0. The van der Waals surface area contributed by atoms with Gasteiger partial charge in [0.2, 0.25) is 0 Å². The summed E-state index contributed by atoms with van der Waals surface area (Å²) in [5.41, 5.74) is 1.55. The number of amides is 1. The number of carbonyl (C=O) groups excluding carboxylic acids is 1. The van der Waals surface area contributed by atoms with Crippen LogP contribution in [0.25, 0.3) is 0 Å². The first-order valence-corrected chi connectivity index (χ1v) is 10.2. The molecule has 0 heterocycles. The molecule has 0 saturated heterocycles. The lowest BCUT2D eigenvalue weighted by Crippen LogP contribution is -2.24. The quantitative estimate of drug-likeness (QED) is 0.610. The Kier molecular flexibility index (Phi) is 7.44. The number of alkyl carbamates (subject to hydrolysis) is 1. The highest BCUT2D eigenvalue weighted by atomic mass is 32.2. The molecule has 2 aromatic rings. The smallest absolute Gasteiger partial charge is 0.407 e. The van der Waals surface area contributed by atoms with Crippen molar-refractivity contribution in [2.45, 2.75) is 37.0 Å². The van der Waals surface area contributed by atoms with Crippen LogP contribution in [0.4, 0.5) is 4.79 Å². The maximum Gasteiger partial charge on any atom is 0.407 e. The lowest BCUT2D eigenvalue weighted by atomic mass is 10.2. The van der Waals surface area contributed by atoms with E-state index in [1.165, 1.54) is 0 Å². The van der Waals surface area contributed by atoms with E-state index in [-0.39, 0.29) is 11.5 Å². The van der Waals surface area contributed by atoms with Gasteiger partial charge in [0.15, 0.2) is 9.84 Å². The highest BCUT2D eigenvalue weighted by Crippen LogP contribution is 2.16. The largest absolute Gasteiger partial charge is 0.445 e. The Labute approximate surface area is 160 Å². The summed E-state index contributed by atoms with van der Waals surface area (Å²) in [5.74, 6) is 5.84. The van der Waals surface area contributed by atoms with Gasteiger partial charge in [0.25, 0.3) is 0 Å². The van der Waals surface area contributed by atoms with Crippen molar-refractivity contribution in [2.24, 2.45) is 0 Å². The van der Waals surface area contributed by atoms with Crippen LogP contribution in [0.5, 0.6) is 0 Å². The fourth-order valence-electron chi connectivity index (χ4n) is 2.19. The number of rotatable bonds is 6. The van der Waals surface area contributed by atoms with E-state index < -0.39 is 21.2 Å². The van der Waals surface area contributed by atoms with Crippen LogP contribution in [0.2, 0.25) is 0 Å². The molecule has 0 spiro atoms. The third kappa shape index (κ3) is 6.46. The first kappa shape index (κ1) is 20.5. The summed E-state index contributed by atoms with van der Waals surface area (Å²) >= 11 is 0. The van der Waals surface area contributed by atoms with Crippen LogP contribution in [-0.2, 0) is 21.2 Å². The van der Waals surface area contributed by atoms with Crippen molar-refractivity contribution < 1.29 is 17.9 Å². The van der Waals surface area contributed by atoms with Crippen LogP contribution in [0.15, 0.2) is 59.5 Å². The third-order valence-electron chi connectivity index (χ3n) is 3.75. The number of hydrogen-bond donors (Lipinski definition) is 1. The van der Waals surface area contributed by atoms with Crippen LogP contribution >= 0.6 is 0 Å². The van der Waals surface area contributed by atoms with Gasteiger partial charge >= 0.3 is 6.09 Å². The molecule has 0 aliphatic heterocycles. The van der Waals surface area contributed by atoms with Gasteiger partial charge in [-0.3, -0.25) is 0 Å². The van der Waals surface area contributed by atoms with E-state index in [1.54, 1.807) is 38.1 Å². The Morgan fingerprint density at radius 1 is 1.11 bits per heavy atom. The van der Waals surface area contributed by atoms with Gasteiger partial charge in [0.1, 0.15) is 6.61 Å². The van der Waals surface area contributed by atoms with E-state index in [4.69, 9.17) is 4.74 Å². The van der Waals surface area contributed by atoms with Crippen molar-refractivity contribution in [3.63, 3.8) is 0 Å². The van der Waals surface area contributed by atoms with Crippen molar-refractivity contribution in [2.75, 3.05) is 6.54 Å². The van der Waals surface area contributed by atoms with E-state index in [9.17, 15) is 13.2 Å². The zero-order valence-electron chi connectivity index (χ0n) is 15.4. The predicted molar refractivity (Wildman–Crippen MR) is 105 cm³/mol. The van der Waals surface area contributed by atoms with Gasteiger partial charge in [-0.15, -0.1) is 0 Å². The Bertz CT molecular complexity index is 925. The summed E-state index contributed by atoms with van der Waals surface area (Å²) < 4.78 is 29.5. The Hall–Kier alpha value is -2.78. The minimum atomic E-state index is -3.32. The van der Waals surface area contributed by atoms with Crippen LogP contribution < -0.4 is 5.32 Å². The predicted octanol–water partition coefficient (Wildman–Crippen LogP) is 3.54. The summed E-state index contributed by atoms with van der Waals surface area (Å²) in [6.45, 7) is 3.87. The lowest BCUT2D eigenvalue weighted by molar-refractivity contribution is 0.140. The van der Waals surface area contributed by atoms with Crippen molar-refractivity contribution >= 4 is 15.9 Å². The van der Waals surface area contributed by atoms with Crippen LogP contribution in [0.3, 0.4) is 0 Å². The highest BCUT2D eigenvalue weighted by Gasteiger charge is 2.18. The second-order valence-corrected chi connectivity index (χ2v) is 8.67. The zero-order chi connectivity index (χ0) is 19.7. The summed E-state index contributed by atoms with van der Waals surface area (Å²) in [7, 11) is -3.32. The Balaban J connectivity index is 1.80. The van der Waals surface area contributed by atoms with Crippen molar-refractivity contribution in [3.05, 3.63) is 65.7 Å². The van der Waals surface area contributed by atoms with Gasteiger partial charge in [-0.25, -0.2) is 13.2 Å². The molecular weight excluding hydrogens is 362 g/mol. The topological polar surface area (TPSA) is 72.5 Å². The van der Waals surface area contributed by atoms with Gasteiger partial charge in [-0.2, -0.15) is 0 Å². The Morgan fingerprint density at radius 3 is 2.56 bits per heavy atom. The molecule has 6 heteroatoms. The van der Waals surface area contributed by atoms with E-state index in [1.807, 2.05) is 30.3 Å². The van der Waals surface area contributed by atoms with Gasteiger partial charge in [-0.05, 0) is 37.6 Å². The first-order chi connectivity index (χ1) is 12.9. The molecule has 0 fully saturated rings. The fourth-order valence-corrected chi connectivity index (χ4v) is 3.29. The van der Waals surface area contributed by atoms with Crippen LogP contribution in [0.1, 0.15) is 31.4 Å². The molecule has 0 radical (unpaired) electrons. The molecule has 142 valence electrons. The molecule has 0 saturated carbocycles. The van der Waals surface area contributed by atoms with Crippen LogP contribution in [-0.4, -0.2) is 26.3 Å². The number of carbonyl (C=O) groups is 1. The molecule has 2 aromatic carbocycles. The van der Waals surface area contributed by atoms with Gasteiger partial charge < -0.3 is 10.1 Å². The maximum atomic E-state index is 12.2. The fraction of sp³-hybridized carbons (Fsp3) is 0.286. The second-order valence-electron chi connectivity index (χ2n) is 6.16. The summed E-state index contributed by atoms with van der Waals surface area (Å²) in [6.07, 6.45) is -0.0626. The van der Waals surface area contributed by atoms with Gasteiger partial charge in [-0.1, -0.05) is 48.2 Å². The highest BCUT2D eigenvalue weighted by molar-refractivity contribution is 7.92. The van der Waals surface area contributed by atoms with Gasteiger partial charge in [0, 0.05) is 18.5 Å². The number of benzene rings is 2. The van der Waals surface area contributed by atoms with Crippen molar-refractivity contribution in [1.82, 2.24) is 5.32 Å². The van der Waals surface area contributed by atoms with E-state index >= 15 is 0 Å². The number of hydrogen-bond acceptors (Lipinski definition) is 4. The summed E-state index contributed by atoms with van der Waals surface area (Å²) in [4.78, 5) is 11.9.